The number of para-hydroxylation sites is 1. The lowest BCUT2D eigenvalue weighted by molar-refractivity contribution is 0.437. The largest absolute Gasteiger partial charge is 0.453 e. The molecule has 4 heteroatoms. The molecule has 0 amide bonds. The van der Waals surface area contributed by atoms with Crippen LogP contribution in [0.15, 0.2) is 42.5 Å². The van der Waals surface area contributed by atoms with E-state index in [-0.39, 0.29) is 17.1 Å². The highest BCUT2D eigenvalue weighted by molar-refractivity contribution is 5.46. The van der Waals surface area contributed by atoms with Gasteiger partial charge in [-0.25, -0.2) is 8.78 Å². The van der Waals surface area contributed by atoms with Crippen molar-refractivity contribution in [2.75, 3.05) is 0 Å². The van der Waals surface area contributed by atoms with Gasteiger partial charge in [0.05, 0.1) is 0 Å². The zero-order valence-electron chi connectivity index (χ0n) is 8.65. The van der Waals surface area contributed by atoms with Crippen LogP contribution in [0.5, 0.6) is 11.5 Å². The van der Waals surface area contributed by atoms with E-state index in [4.69, 9.17) is 10.00 Å². The molecule has 17 heavy (non-hydrogen) atoms. The first-order valence-corrected chi connectivity index (χ1v) is 4.83. The Balaban J connectivity index is 2.41. The van der Waals surface area contributed by atoms with Gasteiger partial charge in [-0.1, -0.05) is 18.2 Å². The van der Waals surface area contributed by atoms with Crippen LogP contribution in [0.1, 0.15) is 5.56 Å². The molecule has 0 atom stereocenters. The van der Waals surface area contributed by atoms with Gasteiger partial charge in [0.25, 0.3) is 0 Å². The standard InChI is InChI=1S/C13H7F2NO/c14-10-5-3-7-12(9(10)8-16)17-13-6-2-1-4-11(13)15/h1-7H. The molecular formula is C13H7F2NO. The van der Waals surface area contributed by atoms with Crippen molar-refractivity contribution in [2.24, 2.45) is 0 Å². The van der Waals surface area contributed by atoms with Crippen molar-refractivity contribution in [1.29, 1.82) is 5.26 Å². The van der Waals surface area contributed by atoms with E-state index in [0.717, 1.165) is 6.07 Å². The second kappa shape index (κ2) is 4.62. The minimum absolute atomic E-state index is 0.00222. The highest BCUT2D eigenvalue weighted by Crippen LogP contribution is 2.28. The van der Waals surface area contributed by atoms with Crippen LogP contribution in [0.25, 0.3) is 0 Å². The molecule has 2 nitrogen and oxygen atoms in total. The van der Waals surface area contributed by atoms with Crippen molar-refractivity contribution in [1.82, 2.24) is 0 Å². The van der Waals surface area contributed by atoms with E-state index >= 15 is 0 Å². The Hall–Kier alpha value is -2.41. The number of halogens is 2. The van der Waals surface area contributed by atoms with Crippen LogP contribution in [0.3, 0.4) is 0 Å². The lowest BCUT2D eigenvalue weighted by Gasteiger charge is -2.08. The van der Waals surface area contributed by atoms with Crippen molar-refractivity contribution in [3.05, 3.63) is 59.7 Å². The van der Waals surface area contributed by atoms with Crippen LogP contribution < -0.4 is 4.74 Å². The smallest absolute Gasteiger partial charge is 0.165 e. The van der Waals surface area contributed by atoms with Crippen LogP contribution in [-0.2, 0) is 0 Å². The number of nitriles is 1. The molecule has 0 heterocycles. The first kappa shape index (κ1) is 11.1. The Labute approximate surface area is 96.7 Å². The zero-order valence-corrected chi connectivity index (χ0v) is 8.65. The fourth-order valence-electron chi connectivity index (χ4n) is 1.34. The minimum atomic E-state index is -0.693. The predicted octanol–water partition coefficient (Wildman–Crippen LogP) is 3.63. The fraction of sp³-hybridized carbons (Fsp3) is 0. The van der Waals surface area contributed by atoms with Gasteiger partial charge in [0.15, 0.2) is 11.6 Å². The quantitative estimate of drug-likeness (QED) is 0.790. The van der Waals surface area contributed by atoms with Gasteiger partial charge >= 0.3 is 0 Å². The summed E-state index contributed by atoms with van der Waals surface area (Å²) in [7, 11) is 0. The Kier molecular flexibility index (Phi) is 3.01. The number of nitrogens with zero attached hydrogens (tertiary/aromatic N) is 1. The molecule has 0 aliphatic rings. The van der Waals surface area contributed by atoms with Gasteiger partial charge in [0.2, 0.25) is 0 Å². The highest BCUT2D eigenvalue weighted by Gasteiger charge is 2.11. The van der Waals surface area contributed by atoms with E-state index in [0.29, 0.717) is 0 Å². The van der Waals surface area contributed by atoms with Crippen molar-refractivity contribution >= 4 is 0 Å². The minimum Gasteiger partial charge on any atom is -0.453 e. The molecule has 84 valence electrons. The average Bonchev–Trinajstić information content (AvgIpc) is 2.32. The molecule has 0 fully saturated rings. The third-order valence-corrected chi connectivity index (χ3v) is 2.14. The first-order chi connectivity index (χ1) is 8.22. The lowest BCUT2D eigenvalue weighted by atomic mass is 10.2. The third-order valence-electron chi connectivity index (χ3n) is 2.14. The van der Waals surface area contributed by atoms with E-state index in [2.05, 4.69) is 0 Å². The fourth-order valence-corrected chi connectivity index (χ4v) is 1.34. The molecule has 0 spiro atoms. The van der Waals surface area contributed by atoms with Crippen LogP contribution in [-0.4, -0.2) is 0 Å². The molecule has 0 saturated heterocycles. The second-order valence-electron chi connectivity index (χ2n) is 3.26. The summed E-state index contributed by atoms with van der Waals surface area (Å²) < 4.78 is 31.7. The van der Waals surface area contributed by atoms with Crippen molar-refractivity contribution < 1.29 is 13.5 Å². The van der Waals surface area contributed by atoms with Crippen LogP contribution in [0.4, 0.5) is 8.78 Å². The summed E-state index contributed by atoms with van der Waals surface area (Å²) >= 11 is 0. The monoisotopic (exact) mass is 231 g/mol. The van der Waals surface area contributed by atoms with Crippen molar-refractivity contribution in [2.45, 2.75) is 0 Å². The highest BCUT2D eigenvalue weighted by atomic mass is 19.1. The molecular weight excluding hydrogens is 224 g/mol. The van der Waals surface area contributed by atoms with E-state index in [1.165, 1.54) is 30.3 Å². The summed E-state index contributed by atoms with van der Waals surface area (Å²) in [6, 6.07) is 11.4. The lowest BCUT2D eigenvalue weighted by Crippen LogP contribution is -1.93. The van der Waals surface area contributed by atoms with E-state index < -0.39 is 11.6 Å². The number of hydrogen-bond acceptors (Lipinski definition) is 2. The molecule has 0 N–H and O–H groups in total. The Morgan fingerprint density at radius 1 is 0.882 bits per heavy atom. The van der Waals surface area contributed by atoms with Crippen LogP contribution in [0, 0.1) is 23.0 Å². The van der Waals surface area contributed by atoms with Crippen molar-refractivity contribution in [3.63, 3.8) is 0 Å². The molecule has 2 aromatic rings. The molecule has 0 aliphatic carbocycles. The zero-order chi connectivity index (χ0) is 12.3. The summed E-state index contributed by atoms with van der Waals surface area (Å²) in [6.07, 6.45) is 0. The molecule has 0 aliphatic heterocycles. The maximum Gasteiger partial charge on any atom is 0.165 e. The van der Waals surface area contributed by atoms with Crippen molar-refractivity contribution in [3.8, 4) is 17.6 Å². The van der Waals surface area contributed by atoms with Crippen LogP contribution in [0.2, 0.25) is 0 Å². The molecule has 0 radical (unpaired) electrons. The summed E-state index contributed by atoms with van der Waals surface area (Å²) in [5.74, 6) is -1.31. The van der Waals surface area contributed by atoms with Crippen LogP contribution >= 0.6 is 0 Å². The third kappa shape index (κ3) is 2.23. The number of benzene rings is 2. The molecule has 0 saturated carbocycles. The first-order valence-electron chi connectivity index (χ1n) is 4.83. The number of hydrogen-bond donors (Lipinski definition) is 0. The SMILES string of the molecule is N#Cc1c(F)cccc1Oc1ccccc1F. The summed E-state index contributed by atoms with van der Waals surface area (Å²) in [5, 5.41) is 8.78. The summed E-state index contributed by atoms with van der Waals surface area (Å²) in [5.41, 5.74) is -0.240. The molecule has 0 aromatic heterocycles. The number of ether oxygens (including phenoxy) is 1. The Morgan fingerprint density at radius 2 is 1.53 bits per heavy atom. The Morgan fingerprint density at radius 3 is 2.24 bits per heavy atom. The topological polar surface area (TPSA) is 33.0 Å². The summed E-state index contributed by atoms with van der Waals surface area (Å²) in [6.45, 7) is 0. The Bertz CT molecular complexity index is 590. The van der Waals surface area contributed by atoms with Gasteiger partial charge in [-0.05, 0) is 24.3 Å². The number of rotatable bonds is 2. The normalized spacial score (nSPS) is 9.71. The van der Waals surface area contributed by atoms with Gasteiger partial charge in [-0.3, -0.25) is 0 Å². The average molecular weight is 231 g/mol. The van der Waals surface area contributed by atoms with Gasteiger partial charge in [0.1, 0.15) is 23.2 Å². The van der Waals surface area contributed by atoms with Gasteiger partial charge in [-0.15, -0.1) is 0 Å². The maximum atomic E-state index is 13.3. The maximum absolute atomic E-state index is 13.3. The van der Waals surface area contributed by atoms with Gasteiger partial charge < -0.3 is 4.74 Å². The molecule has 2 aromatic carbocycles. The van der Waals surface area contributed by atoms with E-state index in [9.17, 15) is 8.78 Å². The molecule has 0 unspecified atom stereocenters. The second-order valence-corrected chi connectivity index (χ2v) is 3.26. The molecule has 0 bridgehead atoms. The van der Waals surface area contributed by atoms with Gasteiger partial charge in [0, 0.05) is 0 Å². The van der Waals surface area contributed by atoms with E-state index in [1.54, 1.807) is 12.1 Å². The van der Waals surface area contributed by atoms with Gasteiger partial charge in [-0.2, -0.15) is 5.26 Å². The van der Waals surface area contributed by atoms with E-state index in [1.807, 2.05) is 0 Å². The molecule has 2 rings (SSSR count). The summed E-state index contributed by atoms with van der Waals surface area (Å²) in [4.78, 5) is 0. The predicted molar refractivity (Wildman–Crippen MR) is 57.6 cm³/mol.